The molecule has 0 bridgehead atoms. The van der Waals surface area contributed by atoms with Crippen molar-refractivity contribution in [3.05, 3.63) is 35.4 Å². The summed E-state index contributed by atoms with van der Waals surface area (Å²) in [6, 6.07) is 8.08. The predicted octanol–water partition coefficient (Wildman–Crippen LogP) is 1.02. The highest BCUT2D eigenvalue weighted by Gasteiger charge is 2.35. The Morgan fingerprint density at radius 1 is 1.32 bits per heavy atom. The van der Waals surface area contributed by atoms with E-state index in [2.05, 4.69) is 36.1 Å². The van der Waals surface area contributed by atoms with E-state index in [1.54, 1.807) is 11.9 Å². The Kier molecular flexibility index (Phi) is 4.22. The van der Waals surface area contributed by atoms with Crippen molar-refractivity contribution in [2.24, 2.45) is 0 Å². The van der Waals surface area contributed by atoms with Crippen molar-refractivity contribution >= 4 is 5.91 Å². The third-order valence-corrected chi connectivity index (χ3v) is 3.91. The van der Waals surface area contributed by atoms with Crippen LogP contribution < -0.4 is 0 Å². The summed E-state index contributed by atoms with van der Waals surface area (Å²) in [5.74, 6) is 0.00774. The third kappa shape index (κ3) is 2.96. The van der Waals surface area contributed by atoms with Crippen LogP contribution >= 0.6 is 0 Å². The number of piperazine rings is 1. The van der Waals surface area contributed by atoms with E-state index in [-0.39, 0.29) is 18.6 Å². The van der Waals surface area contributed by atoms with Gasteiger partial charge in [0.2, 0.25) is 5.91 Å². The molecule has 4 heteroatoms. The molecule has 1 aromatic rings. The third-order valence-electron chi connectivity index (χ3n) is 3.91. The highest BCUT2D eigenvalue weighted by atomic mass is 16.3. The van der Waals surface area contributed by atoms with E-state index in [9.17, 15) is 9.90 Å². The maximum Gasteiger partial charge on any atom is 0.242 e. The molecule has 0 spiro atoms. The average Bonchev–Trinajstić information content (AvgIpc) is 2.39. The van der Waals surface area contributed by atoms with Gasteiger partial charge >= 0.3 is 0 Å². The molecular weight excluding hydrogens is 240 g/mol. The lowest BCUT2D eigenvalue weighted by Gasteiger charge is -2.42. The van der Waals surface area contributed by atoms with Crippen LogP contribution in [0.5, 0.6) is 0 Å². The Morgan fingerprint density at radius 3 is 2.53 bits per heavy atom. The number of rotatable bonds is 3. The minimum atomic E-state index is -0.414. The molecule has 0 saturated carbocycles. The van der Waals surface area contributed by atoms with E-state index in [0.29, 0.717) is 6.54 Å². The minimum Gasteiger partial charge on any atom is -0.394 e. The van der Waals surface area contributed by atoms with Crippen LogP contribution in [0.3, 0.4) is 0 Å². The molecule has 104 valence electrons. The Labute approximate surface area is 114 Å². The topological polar surface area (TPSA) is 43.8 Å². The number of likely N-dealkylation sites (N-methyl/N-ethyl adjacent to an activating group) is 1. The predicted molar refractivity (Wildman–Crippen MR) is 74.7 cm³/mol. The number of aliphatic hydroxyl groups is 1. The molecule has 2 unspecified atom stereocenters. The number of nitrogens with zero attached hydrogens (tertiary/aromatic N) is 2. The van der Waals surface area contributed by atoms with Gasteiger partial charge in [0, 0.05) is 26.2 Å². The maximum absolute atomic E-state index is 12.1. The quantitative estimate of drug-likeness (QED) is 0.884. The van der Waals surface area contributed by atoms with Gasteiger partial charge in [-0.25, -0.2) is 0 Å². The number of hydrogen-bond donors (Lipinski definition) is 1. The van der Waals surface area contributed by atoms with Crippen molar-refractivity contribution in [2.45, 2.75) is 32.5 Å². The molecule has 2 atom stereocenters. The summed E-state index contributed by atoms with van der Waals surface area (Å²) in [6.07, 6.45) is 0. The molecule has 0 aliphatic carbocycles. The highest BCUT2D eigenvalue weighted by Crippen LogP contribution is 2.18. The molecule has 1 heterocycles. The fourth-order valence-electron chi connectivity index (χ4n) is 2.49. The molecule has 19 heavy (non-hydrogen) atoms. The van der Waals surface area contributed by atoms with Crippen molar-refractivity contribution in [1.82, 2.24) is 9.80 Å². The molecule has 1 amide bonds. The Bertz CT molecular complexity index is 444. The molecule has 1 saturated heterocycles. The van der Waals surface area contributed by atoms with E-state index < -0.39 is 6.04 Å². The fourth-order valence-corrected chi connectivity index (χ4v) is 2.49. The van der Waals surface area contributed by atoms with E-state index in [1.165, 1.54) is 11.1 Å². The second-order valence-electron chi connectivity index (χ2n) is 5.41. The van der Waals surface area contributed by atoms with Crippen LogP contribution in [0.25, 0.3) is 0 Å². The summed E-state index contributed by atoms with van der Waals surface area (Å²) in [7, 11) is 1.80. The van der Waals surface area contributed by atoms with Gasteiger partial charge in [0.25, 0.3) is 0 Å². The summed E-state index contributed by atoms with van der Waals surface area (Å²) in [4.78, 5) is 15.9. The lowest BCUT2D eigenvalue weighted by Crippen LogP contribution is -2.60. The first-order valence-electron chi connectivity index (χ1n) is 6.70. The van der Waals surface area contributed by atoms with E-state index in [0.717, 1.165) is 6.54 Å². The molecule has 1 fully saturated rings. The number of benzene rings is 1. The second kappa shape index (κ2) is 5.72. The number of carbonyl (C=O) groups is 1. The summed E-state index contributed by atoms with van der Waals surface area (Å²) in [5, 5.41) is 9.47. The van der Waals surface area contributed by atoms with Crippen LogP contribution in [-0.4, -0.2) is 53.1 Å². The highest BCUT2D eigenvalue weighted by molar-refractivity contribution is 5.82. The Morgan fingerprint density at radius 2 is 1.95 bits per heavy atom. The normalized spacial score (nSPS) is 24.8. The number of hydrogen-bond acceptors (Lipinski definition) is 3. The van der Waals surface area contributed by atoms with Gasteiger partial charge in [-0.3, -0.25) is 9.69 Å². The van der Waals surface area contributed by atoms with Crippen LogP contribution in [0.1, 0.15) is 18.1 Å². The van der Waals surface area contributed by atoms with Crippen LogP contribution in [0.4, 0.5) is 0 Å². The van der Waals surface area contributed by atoms with Gasteiger partial charge in [0.1, 0.15) is 6.04 Å². The molecule has 0 aromatic heterocycles. The zero-order valence-corrected chi connectivity index (χ0v) is 11.8. The Balaban J connectivity index is 2.13. The van der Waals surface area contributed by atoms with Crippen LogP contribution in [0, 0.1) is 6.92 Å². The summed E-state index contributed by atoms with van der Waals surface area (Å²) >= 11 is 0. The van der Waals surface area contributed by atoms with E-state index in [4.69, 9.17) is 0 Å². The first-order chi connectivity index (χ1) is 9.02. The molecule has 0 radical (unpaired) electrons. The molecule has 1 N–H and O–H groups in total. The van der Waals surface area contributed by atoms with Gasteiger partial charge in [-0.05, 0) is 19.4 Å². The summed E-state index contributed by atoms with van der Waals surface area (Å²) in [5.41, 5.74) is 2.40. The van der Waals surface area contributed by atoms with Crippen LogP contribution in [-0.2, 0) is 11.3 Å². The summed E-state index contributed by atoms with van der Waals surface area (Å²) in [6.45, 7) is 5.47. The number of carbonyl (C=O) groups excluding carboxylic acids is 1. The van der Waals surface area contributed by atoms with Crippen LogP contribution in [0.2, 0.25) is 0 Å². The van der Waals surface area contributed by atoms with Gasteiger partial charge in [-0.15, -0.1) is 0 Å². The Hall–Kier alpha value is -1.39. The zero-order valence-electron chi connectivity index (χ0n) is 11.8. The fraction of sp³-hybridized carbons (Fsp3) is 0.533. The van der Waals surface area contributed by atoms with Gasteiger partial charge in [-0.1, -0.05) is 29.8 Å². The number of aliphatic hydroxyl groups excluding tert-OH is 1. The van der Waals surface area contributed by atoms with E-state index in [1.807, 2.05) is 6.92 Å². The largest absolute Gasteiger partial charge is 0.394 e. The monoisotopic (exact) mass is 262 g/mol. The van der Waals surface area contributed by atoms with Crippen LogP contribution in [0.15, 0.2) is 24.3 Å². The van der Waals surface area contributed by atoms with Gasteiger partial charge < -0.3 is 10.0 Å². The van der Waals surface area contributed by atoms with Crippen molar-refractivity contribution < 1.29 is 9.90 Å². The number of amides is 1. The first-order valence-corrected chi connectivity index (χ1v) is 6.70. The van der Waals surface area contributed by atoms with Crippen molar-refractivity contribution in [2.75, 3.05) is 20.2 Å². The smallest absolute Gasteiger partial charge is 0.242 e. The number of aryl methyl sites for hydroxylation is 1. The first kappa shape index (κ1) is 14.0. The summed E-state index contributed by atoms with van der Waals surface area (Å²) < 4.78 is 0. The van der Waals surface area contributed by atoms with Crippen molar-refractivity contribution in [3.8, 4) is 0 Å². The molecule has 1 aromatic carbocycles. The molecular formula is C15H22N2O2. The molecule has 1 aliphatic rings. The molecule has 1 aliphatic heterocycles. The van der Waals surface area contributed by atoms with E-state index >= 15 is 0 Å². The van der Waals surface area contributed by atoms with Crippen molar-refractivity contribution in [1.29, 1.82) is 0 Å². The molecule has 4 nitrogen and oxygen atoms in total. The standard InChI is InChI=1S/C15H22N2O2/c1-11-4-6-13(7-5-11)9-17-8-12(2)16(3)15(19)14(17)10-18/h4-7,12,14,18H,8-10H2,1-3H3. The molecule has 2 rings (SSSR count). The van der Waals surface area contributed by atoms with Gasteiger partial charge in [0.15, 0.2) is 0 Å². The van der Waals surface area contributed by atoms with Gasteiger partial charge in [0.05, 0.1) is 6.61 Å². The maximum atomic E-state index is 12.1. The zero-order chi connectivity index (χ0) is 14.0. The lowest BCUT2D eigenvalue weighted by molar-refractivity contribution is -0.145. The lowest BCUT2D eigenvalue weighted by atomic mass is 10.1. The van der Waals surface area contributed by atoms with Crippen molar-refractivity contribution in [3.63, 3.8) is 0 Å². The van der Waals surface area contributed by atoms with Gasteiger partial charge in [-0.2, -0.15) is 0 Å². The second-order valence-corrected chi connectivity index (χ2v) is 5.41. The average molecular weight is 262 g/mol. The minimum absolute atomic E-state index is 0.00774. The SMILES string of the molecule is Cc1ccc(CN2CC(C)N(C)C(=O)C2CO)cc1.